The highest BCUT2D eigenvalue weighted by molar-refractivity contribution is 5.87. The fourth-order valence-corrected chi connectivity index (χ4v) is 3.63. The topological polar surface area (TPSA) is 85.5 Å². The highest BCUT2D eigenvalue weighted by Gasteiger charge is 2.38. The lowest BCUT2D eigenvalue weighted by Crippen LogP contribution is -2.29. The maximum atomic E-state index is 13.0. The Labute approximate surface area is 178 Å². The summed E-state index contributed by atoms with van der Waals surface area (Å²) in [5.41, 5.74) is 1.85. The van der Waals surface area contributed by atoms with Gasteiger partial charge in [-0.15, -0.1) is 0 Å². The van der Waals surface area contributed by atoms with Crippen LogP contribution in [0, 0.1) is 11.7 Å². The first-order valence-corrected chi connectivity index (χ1v) is 10.1. The molecule has 1 aromatic heterocycles. The Bertz CT molecular complexity index is 1050. The summed E-state index contributed by atoms with van der Waals surface area (Å²) in [6.07, 6.45) is 0.497. The number of esters is 1. The Hall–Kier alpha value is -3.55. The molecule has 0 N–H and O–H groups in total. The number of hydrogen-bond acceptors (Lipinski definition) is 6. The number of carbonyl (C=O) groups excluding carboxylic acids is 2. The monoisotopic (exact) mass is 423 g/mol. The van der Waals surface area contributed by atoms with Crippen molar-refractivity contribution >= 4 is 11.9 Å². The summed E-state index contributed by atoms with van der Waals surface area (Å²) in [5, 5.41) is 3.86. The van der Waals surface area contributed by atoms with Crippen molar-refractivity contribution in [3.63, 3.8) is 0 Å². The Morgan fingerprint density at radius 1 is 1.23 bits per heavy atom. The van der Waals surface area contributed by atoms with Gasteiger partial charge in [0.25, 0.3) is 5.89 Å². The van der Waals surface area contributed by atoms with Crippen LogP contribution in [0.15, 0.2) is 59.1 Å². The molecule has 3 aromatic rings. The molecule has 2 aromatic carbocycles. The summed E-state index contributed by atoms with van der Waals surface area (Å²) in [4.78, 5) is 30.8. The number of aromatic nitrogens is 2. The van der Waals surface area contributed by atoms with E-state index in [4.69, 9.17) is 9.26 Å². The minimum Gasteiger partial charge on any atom is -0.455 e. The molecule has 0 aliphatic carbocycles. The van der Waals surface area contributed by atoms with Crippen LogP contribution >= 0.6 is 0 Å². The molecule has 1 aliphatic rings. The van der Waals surface area contributed by atoms with Gasteiger partial charge in [0.1, 0.15) is 5.82 Å². The Morgan fingerprint density at radius 2 is 1.97 bits per heavy atom. The molecule has 1 saturated heterocycles. The quantitative estimate of drug-likeness (QED) is 0.541. The normalized spacial score (nSPS) is 17.0. The van der Waals surface area contributed by atoms with Crippen molar-refractivity contribution in [2.75, 3.05) is 6.54 Å². The van der Waals surface area contributed by atoms with Gasteiger partial charge < -0.3 is 14.2 Å². The predicted octanol–water partition coefficient (Wildman–Crippen LogP) is 3.45. The summed E-state index contributed by atoms with van der Waals surface area (Å²) in [7, 11) is 0. The van der Waals surface area contributed by atoms with Gasteiger partial charge >= 0.3 is 5.97 Å². The number of halogens is 1. The maximum Gasteiger partial charge on any atom is 0.311 e. The van der Waals surface area contributed by atoms with Crippen molar-refractivity contribution in [3.05, 3.63) is 83.3 Å². The van der Waals surface area contributed by atoms with Gasteiger partial charge in [-0.2, -0.15) is 4.98 Å². The molecule has 0 radical (unpaired) electrons. The molecule has 31 heavy (non-hydrogen) atoms. The number of hydrogen-bond donors (Lipinski definition) is 0. The van der Waals surface area contributed by atoms with Crippen LogP contribution in [0.25, 0.3) is 0 Å². The second-order valence-corrected chi connectivity index (χ2v) is 7.55. The third-order valence-electron chi connectivity index (χ3n) is 5.36. The summed E-state index contributed by atoms with van der Waals surface area (Å²) < 4.78 is 23.4. The zero-order chi connectivity index (χ0) is 21.8. The molecule has 7 nitrogen and oxygen atoms in total. The smallest absolute Gasteiger partial charge is 0.311 e. The standard InChI is InChI=1S/C23H22FN3O4/c1-15(17-5-3-2-4-6-17)27-13-18(12-22(27)28)23(29)30-14-21-25-20(26-31-21)11-16-7-9-19(24)10-8-16/h2-10,15,18H,11-14H2,1H3. The number of ether oxygens (including phenoxy) is 1. The summed E-state index contributed by atoms with van der Waals surface area (Å²) in [5.74, 6) is -0.792. The van der Waals surface area contributed by atoms with E-state index in [1.54, 1.807) is 17.0 Å². The highest BCUT2D eigenvalue weighted by atomic mass is 19.1. The lowest BCUT2D eigenvalue weighted by molar-refractivity contribution is -0.150. The lowest BCUT2D eigenvalue weighted by atomic mass is 10.1. The molecule has 0 bridgehead atoms. The zero-order valence-electron chi connectivity index (χ0n) is 17.0. The van der Waals surface area contributed by atoms with Gasteiger partial charge in [-0.1, -0.05) is 47.6 Å². The van der Waals surface area contributed by atoms with E-state index >= 15 is 0 Å². The van der Waals surface area contributed by atoms with Crippen LogP contribution in [0.3, 0.4) is 0 Å². The molecule has 2 unspecified atom stereocenters. The van der Waals surface area contributed by atoms with Gasteiger partial charge in [0.2, 0.25) is 5.91 Å². The van der Waals surface area contributed by atoms with E-state index in [1.807, 2.05) is 37.3 Å². The lowest BCUT2D eigenvalue weighted by Gasteiger charge is -2.25. The van der Waals surface area contributed by atoms with Gasteiger partial charge in [-0.25, -0.2) is 4.39 Å². The van der Waals surface area contributed by atoms with E-state index in [-0.39, 0.29) is 36.7 Å². The fourth-order valence-electron chi connectivity index (χ4n) is 3.63. The molecule has 0 spiro atoms. The fraction of sp³-hybridized carbons (Fsp3) is 0.304. The summed E-state index contributed by atoms with van der Waals surface area (Å²) in [6, 6.07) is 15.6. The minimum absolute atomic E-state index is 0.0716. The number of likely N-dealkylation sites (tertiary alicyclic amines) is 1. The molecular formula is C23H22FN3O4. The summed E-state index contributed by atoms with van der Waals surface area (Å²) >= 11 is 0. The molecule has 1 fully saturated rings. The Balaban J connectivity index is 1.30. The molecule has 0 saturated carbocycles. The first kappa shape index (κ1) is 20.7. The molecule has 160 valence electrons. The maximum absolute atomic E-state index is 13.0. The van der Waals surface area contributed by atoms with E-state index in [0.717, 1.165) is 11.1 Å². The van der Waals surface area contributed by atoms with Gasteiger partial charge in [0, 0.05) is 19.4 Å². The van der Waals surface area contributed by atoms with E-state index < -0.39 is 11.9 Å². The highest BCUT2D eigenvalue weighted by Crippen LogP contribution is 2.29. The van der Waals surface area contributed by atoms with Crippen molar-refractivity contribution in [2.45, 2.75) is 32.4 Å². The predicted molar refractivity (Wildman–Crippen MR) is 108 cm³/mol. The van der Waals surface area contributed by atoms with Crippen LogP contribution in [0.2, 0.25) is 0 Å². The molecule has 2 atom stereocenters. The molecule has 1 aliphatic heterocycles. The van der Waals surface area contributed by atoms with E-state index in [2.05, 4.69) is 10.1 Å². The SMILES string of the molecule is CC(c1ccccc1)N1CC(C(=O)OCc2nc(Cc3ccc(F)cc3)no2)CC1=O. The van der Waals surface area contributed by atoms with Crippen LogP contribution in [-0.2, 0) is 27.4 Å². The average molecular weight is 423 g/mol. The summed E-state index contributed by atoms with van der Waals surface area (Å²) in [6.45, 7) is 2.10. The third-order valence-corrected chi connectivity index (χ3v) is 5.36. The van der Waals surface area contributed by atoms with E-state index in [9.17, 15) is 14.0 Å². The number of carbonyl (C=O) groups is 2. The number of nitrogens with zero attached hydrogens (tertiary/aromatic N) is 3. The third kappa shape index (κ3) is 4.96. The minimum atomic E-state index is -0.528. The number of rotatable bonds is 7. The second-order valence-electron chi connectivity index (χ2n) is 7.55. The largest absolute Gasteiger partial charge is 0.455 e. The number of amides is 1. The van der Waals surface area contributed by atoms with Gasteiger partial charge in [-0.05, 0) is 30.2 Å². The van der Waals surface area contributed by atoms with Crippen molar-refractivity contribution < 1.29 is 23.2 Å². The molecule has 4 rings (SSSR count). The van der Waals surface area contributed by atoms with Gasteiger partial charge in [0.05, 0.1) is 12.0 Å². The van der Waals surface area contributed by atoms with Crippen LogP contribution in [0.5, 0.6) is 0 Å². The van der Waals surface area contributed by atoms with Crippen molar-refractivity contribution in [2.24, 2.45) is 5.92 Å². The van der Waals surface area contributed by atoms with Crippen molar-refractivity contribution in [3.8, 4) is 0 Å². The van der Waals surface area contributed by atoms with Crippen molar-refractivity contribution in [1.82, 2.24) is 15.0 Å². The molecule has 1 amide bonds. The first-order valence-electron chi connectivity index (χ1n) is 10.1. The molecule has 8 heteroatoms. The van der Waals surface area contributed by atoms with Gasteiger partial charge in [0.15, 0.2) is 12.4 Å². The van der Waals surface area contributed by atoms with E-state index in [1.165, 1.54) is 12.1 Å². The first-order chi connectivity index (χ1) is 15.0. The van der Waals surface area contributed by atoms with Crippen LogP contribution < -0.4 is 0 Å². The molecule has 2 heterocycles. The Kier molecular flexibility index (Phi) is 6.06. The van der Waals surface area contributed by atoms with Crippen LogP contribution in [0.1, 0.15) is 42.2 Å². The number of benzene rings is 2. The van der Waals surface area contributed by atoms with Crippen LogP contribution in [-0.4, -0.2) is 33.5 Å². The Morgan fingerprint density at radius 3 is 2.71 bits per heavy atom. The molecular weight excluding hydrogens is 401 g/mol. The second kappa shape index (κ2) is 9.07. The van der Waals surface area contributed by atoms with E-state index in [0.29, 0.717) is 18.8 Å². The zero-order valence-corrected chi connectivity index (χ0v) is 17.0. The van der Waals surface area contributed by atoms with Gasteiger partial charge in [-0.3, -0.25) is 9.59 Å². The van der Waals surface area contributed by atoms with Crippen LogP contribution in [0.4, 0.5) is 4.39 Å². The average Bonchev–Trinajstić information content (AvgIpc) is 3.40. The van der Waals surface area contributed by atoms with Crippen molar-refractivity contribution in [1.29, 1.82) is 0 Å².